The minimum absolute atomic E-state index is 0.171. The predicted octanol–water partition coefficient (Wildman–Crippen LogP) is 0.959. The molecule has 1 amide bonds. The maximum absolute atomic E-state index is 11.9. The Hall–Kier alpha value is -0.910. The van der Waals surface area contributed by atoms with Crippen molar-refractivity contribution in [3.05, 3.63) is 34.3 Å². The van der Waals surface area contributed by atoms with Crippen molar-refractivity contribution in [3.8, 4) is 0 Å². The summed E-state index contributed by atoms with van der Waals surface area (Å²) in [5, 5.41) is 5.76. The summed E-state index contributed by atoms with van der Waals surface area (Å²) in [6.45, 7) is 3.01. The summed E-state index contributed by atoms with van der Waals surface area (Å²) in [7, 11) is 1.84. The number of nitrogens with two attached hydrogens (primary N) is 1. The number of halogens is 1. The molecule has 1 atom stereocenters. The quantitative estimate of drug-likeness (QED) is 0.710. The number of nitrogens with one attached hydrogen (secondary N) is 2. The Morgan fingerprint density at radius 2 is 1.94 bits per heavy atom. The molecule has 0 radical (unpaired) electrons. The van der Waals surface area contributed by atoms with Crippen LogP contribution in [0.5, 0.6) is 0 Å². The van der Waals surface area contributed by atoms with E-state index in [1.807, 2.05) is 31.3 Å². The highest BCUT2D eigenvalue weighted by Gasteiger charge is 2.29. The summed E-state index contributed by atoms with van der Waals surface area (Å²) in [6, 6.07) is 7.45. The zero-order chi connectivity index (χ0) is 12.9. The topological polar surface area (TPSA) is 67.1 Å². The third-order valence-electron chi connectivity index (χ3n) is 2.58. The van der Waals surface area contributed by atoms with Gasteiger partial charge in [-0.1, -0.05) is 28.1 Å². The Labute approximate surface area is 110 Å². The minimum Gasteiger partial charge on any atom is -0.353 e. The maximum Gasteiger partial charge on any atom is 0.244 e. The number of likely N-dealkylation sites (N-methyl/N-ethyl adjacent to an activating group) is 1. The van der Waals surface area contributed by atoms with Gasteiger partial charge in [-0.15, -0.1) is 0 Å². The van der Waals surface area contributed by atoms with Gasteiger partial charge in [0.25, 0.3) is 0 Å². The molecule has 0 aliphatic carbocycles. The molecule has 0 aliphatic rings. The van der Waals surface area contributed by atoms with E-state index in [4.69, 9.17) is 5.73 Å². The molecule has 1 unspecified atom stereocenters. The molecule has 1 rings (SSSR count). The summed E-state index contributed by atoms with van der Waals surface area (Å²) in [5.74, 6) is -0.171. The van der Waals surface area contributed by atoms with Crippen molar-refractivity contribution in [2.45, 2.75) is 12.5 Å². The lowest BCUT2D eigenvalue weighted by Gasteiger charge is -2.24. The molecule has 1 aromatic rings. The van der Waals surface area contributed by atoms with Crippen LogP contribution in [0.2, 0.25) is 0 Å². The van der Waals surface area contributed by atoms with E-state index in [-0.39, 0.29) is 5.91 Å². The van der Waals surface area contributed by atoms with Crippen molar-refractivity contribution >= 4 is 21.8 Å². The second kappa shape index (κ2) is 6.14. The summed E-state index contributed by atoms with van der Waals surface area (Å²) in [5.41, 5.74) is 5.85. The first-order chi connectivity index (χ1) is 7.98. The van der Waals surface area contributed by atoms with Gasteiger partial charge in [0.1, 0.15) is 5.54 Å². The van der Waals surface area contributed by atoms with Gasteiger partial charge in [0, 0.05) is 17.6 Å². The molecule has 0 saturated heterocycles. The lowest BCUT2D eigenvalue weighted by Crippen LogP contribution is -2.50. The third kappa shape index (κ3) is 3.80. The fourth-order valence-electron chi connectivity index (χ4n) is 1.41. The van der Waals surface area contributed by atoms with Crippen molar-refractivity contribution in [1.29, 1.82) is 0 Å². The number of amides is 1. The van der Waals surface area contributed by atoms with Gasteiger partial charge in [-0.3, -0.25) is 4.79 Å². The standard InChI is InChI=1S/C12H18BrN3O/c1-12(14,11(17)16-8-7-15-2)9-3-5-10(13)6-4-9/h3-6,15H,7-8,14H2,1-2H3,(H,16,17). The number of hydrogen-bond donors (Lipinski definition) is 3. The van der Waals surface area contributed by atoms with Crippen LogP contribution in [0.3, 0.4) is 0 Å². The number of rotatable bonds is 5. The van der Waals surface area contributed by atoms with Crippen LogP contribution in [0.4, 0.5) is 0 Å². The second-order valence-electron chi connectivity index (χ2n) is 4.07. The highest BCUT2D eigenvalue weighted by Crippen LogP contribution is 2.20. The summed E-state index contributed by atoms with van der Waals surface area (Å²) in [4.78, 5) is 11.9. The van der Waals surface area contributed by atoms with E-state index >= 15 is 0 Å². The maximum atomic E-state index is 11.9. The third-order valence-corrected chi connectivity index (χ3v) is 3.10. The van der Waals surface area contributed by atoms with Crippen molar-refractivity contribution in [2.75, 3.05) is 20.1 Å². The molecule has 0 fully saturated rings. The van der Waals surface area contributed by atoms with Crippen molar-refractivity contribution in [3.63, 3.8) is 0 Å². The molecule has 0 saturated carbocycles. The van der Waals surface area contributed by atoms with E-state index in [9.17, 15) is 4.79 Å². The Morgan fingerprint density at radius 1 is 1.35 bits per heavy atom. The Bertz CT molecular complexity index is 376. The smallest absolute Gasteiger partial charge is 0.244 e. The Morgan fingerprint density at radius 3 is 2.47 bits per heavy atom. The molecule has 0 aromatic heterocycles. The number of carbonyl (C=O) groups is 1. The SMILES string of the molecule is CNCCNC(=O)C(C)(N)c1ccc(Br)cc1. The zero-order valence-electron chi connectivity index (χ0n) is 10.1. The average Bonchev–Trinajstić information content (AvgIpc) is 2.29. The van der Waals surface area contributed by atoms with Crippen molar-refractivity contribution < 1.29 is 4.79 Å². The van der Waals surface area contributed by atoms with Crippen LogP contribution < -0.4 is 16.4 Å². The second-order valence-corrected chi connectivity index (χ2v) is 4.98. The molecule has 0 bridgehead atoms. The normalized spacial score (nSPS) is 14.1. The number of benzene rings is 1. The first kappa shape index (κ1) is 14.2. The van der Waals surface area contributed by atoms with E-state index in [1.165, 1.54) is 0 Å². The van der Waals surface area contributed by atoms with Crippen LogP contribution in [0, 0.1) is 0 Å². The highest BCUT2D eigenvalue weighted by atomic mass is 79.9. The molecule has 17 heavy (non-hydrogen) atoms. The van der Waals surface area contributed by atoms with Gasteiger partial charge in [-0.05, 0) is 31.7 Å². The van der Waals surface area contributed by atoms with E-state index in [2.05, 4.69) is 26.6 Å². The molecule has 0 aliphatic heterocycles. The van der Waals surface area contributed by atoms with Crippen LogP contribution in [0.1, 0.15) is 12.5 Å². The fourth-order valence-corrected chi connectivity index (χ4v) is 1.68. The van der Waals surface area contributed by atoms with E-state index in [0.717, 1.165) is 16.6 Å². The summed E-state index contributed by atoms with van der Waals surface area (Å²) < 4.78 is 0.965. The van der Waals surface area contributed by atoms with Crippen molar-refractivity contribution in [2.24, 2.45) is 5.73 Å². The molecule has 0 heterocycles. The largest absolute Gasteiger partial charge is 0.353 e. The molecular weight excluding hydrogens is 282 g/mol. The van der Waals surface area contributed by atoms with Gasteiger partial charge in [-0.2, -0.15) is 0 Å². The molecular formula is C12H18BrN3O. The van der Waals surface area contributed by atoms with E-state index in [0.29, 0.717) is 6.54 Å². The molecule has 5 heteroatoms. The zero-order valence-corrected chi connectivity index (χ0v) is 11.7. The molecule has 4 N–H and O–H groups in total. The van der Waals surface area contributed by atoms with Crippen molar-refractivity contribution in [1.82, 2.24) is 10.6 Å². The van der Waals surface area contributed by atoms with Crippen LogP contribution in [-0.2, 0) is 10.3 Å². The highest BCUT2D eigenvalue weighted by molar-refractivity contribution is 9.10. The van der Waals surface area contributed by atoms with Crippen LogP contribution in [0.15, 0.2) is 28.7 Å². The minimum atomic E-state index is -1.01. The van der Waals surface area contributed by atoms with Crippen LogP contribution in [0.25, 0.3) is 0 Å². The van der Waals surface area contributed by atoms with Gasteiger partial charge >= 0.3 is 0 Å². The number of hydrogen-bond acceptors (Lipinski definition) is 3. The van der Waals surface area contributed by atoms with Crippen LogP contribution >= 0.6 is 15.9 Å². The molecule has 1 aromatic carbocycles. The first-order valence-corrected chi connectivity index (χ1v) is 6.25. The van der Waals surface area contributed by atoms with Gasteiger partial charge in [-0.25, -0.2) is 0 Å². The lowest BCUT2D eigenvalue weighted by atomic mass is 9.92. The Kier molecular flexibility index (Phi) is 5.11. The Balaban J connectivity index is 2.72. The fraction of sp³-hybridized carbons (Fsp3) is 0.417. The average molecular weight is 300 g/mol. The first-order valence-electron chi connectivity index (χ1n) is 5.46. The molecule has 0 spiro atoms. The van der Waals surface area contributed by atoms with E-state index in [1.54, 1.807) is 6.92 Å². The van der Waals surface area contributed by atoms with Crippen LogP contribution in [-0.4, -0.2) is 26.0 Å². The summed E-state index contributed by atoms with van der Waals surface area (Å²) >= 11 is 3.35. The summed E-state index contributed by atoms with van der Waals surface area (Å²) in [6.07, 6.45) is 0. The monoisotopic (exact) mass is 299 g/mol. The molecule has 4 nitrogen and oxygen atoms in total. The van der Waals surface area contributed by atoms with Gasteiger partial charge in [0.2, 0.25) is 5.91 Å². The van der Waals surface area contributed by atoms with Gasteiger partial charge in [0.05, 0.1) is 0 Å². The predicted molar refractivity (Wildman–Crippen MR) is 72.6 cm³/mol. The van der Waals surface area contributed by atoms with Gasteiger partial charge in [0.15, 0.2) is 0 Å². The lowest BCUT2D eigenvalue weighted by molar-refractivity contribution is -0.126. The van der Waals surface area contributed by atoms with Gasteiger partial charge < -0.3 is 16.4 Å². The van der Waals surface area contributed by atoms with E-state index < -0.39 is 5.54 Å². The molecule has 94 valence electrons. The number of carbonyl (C=O) groups excluding carboxylic acids is 1.